The molecule has 3 rings (SSSR count). The molecule has 2 aromatic carbocycles. The van der Waals surface area contributed by atoms with Crippen molar-refractivity contribution in [3.8, 4) is 0 Å². The second-order valence-electron chi connectivity index (χ2n) is 5.52. The SMILES string of the molecule is O=C(NCCn1c(=O)oc2ccccc21)NCc1ccccc1CO. The summed E-state index contributed by atoms with van der Waals surface area (Å²) in [7, 11) is 0. The Bertz CT molecular complexity index is 929. The number of rotatable bonds is 6. The van der Waals surface area contributed by atoms with E-state index in [2.05, 4.69) is 10.6 Å². The number of nitrogens with zero attached hydrogens (tertiary/aromatic N) is 1. The topological polar surface area (TPSA) is 96.5 Å². The fourth-order valence-corrected chi connectivity index (χ4v) is 2.63. The van der Waals surface area contributed by atoms with Crippen LogP contribution < -0.4 is 16.4 Å². The number of urea groups is 1. The van der Waals surface area contributed by atoms with Crippen molar-refractivity contribution in [1.29, 1.82) is 0 Å². The van der Waals surface area contributed by atoms with Gasteiger partial charge in [-0.2, -0.15) is 0 Å². The number of aliphatic hydroxyl groups is 1. The normalized spacial score (nSPS) is 10.8. The van der Waals surface area contributed by atoms with Gasteiger partial charge in [0.25, 0.3) is 0 Å². The third kappa shape index (κ3) is 3.89. The van der Waals surface area contributed by atoms with E-state index in [9.17, 15) is 14.7 Å². The number of para-hydroxylation sites is 2. The fourth-order valence-electron chi connectivity index (χ4n) is 2.63. The average molecular weight is 341 g/mol. The number of aromatic nitrogens is 1. The van der Waals surface area contributed by atoms with Crippen molar-refractivity contribution < 1.29 is 14.3 Å². The summed E-state index contributed by atoms with van der Waals surface area (Å²) in [6.45, 7) is 0.848. The van der Waals surface area contributed by atoms with E-state index in [1.165, 1.54) is 4.57 Å². The molecule has 7 heteroatoms. The molecule has 3 aromatic rings. The molecule has 1 aromatic heterocycles. The Kier molecular flexibility index (Phi) is 5.15. The molecule has 0 aliphatic rings. The summed E-state index contributed by atoms with van der Waals surface area (Å²) >= 11 is 0. The smallest absolute Gasteiger partial charge is 0.408 e. The second-order valence-corrected chi connectivity index (χ2v) is 5.52. The van der Waals surface area contributed by atoms with Crippen LogP contribution in [0.2, 0.25) is 0 Å². The molecule has 0 aliphatic carbocycles. The molecule has 0 aliphatic heterocycles. The van der Waals surface area contributed by atoms with Crippen LogP contribution in [0.15, 0.2) is 57.7 Å². The van der Waals surface area contributed by atoms with Gasteiger partial charge in [-0.3, -0.25) is 4.57 Å². The van der Waals surface area contributed by atoms with E-state index in [1.54, 1.807) is 18.2 Å². The van der Waals surface area contributed by atoms with Gasteiger partial charge in [-0.15, -0.1) is 0 Å². The molecular formula is C18H19N3O4. The molecule has 25 heavy (non-hydrogen) atoms. The number of oxazole rings is 1. The lowest BCUT2D eigenvalue weighted by Crippen LogP contribution is -2.37. The summed E-state index contributed by atoms with van der Waals surface area (Å²) in [6, 6.07) is 14.2. The maximum Gasteiger partial charge on any atom is 0.420 e. The second kappa shape index (κ2) is 7.67. The maximum absolute atomic E-state index is 11.9. The van der Waals surface area contributed by atoms with E-state index >= 15 is 0 Å². The zero-order valence-corrected chi connectivity index (χ0v) is 13.6. The number of hydrogen-bond donors (Lipinski definition) is 3. The third-order valence-corrected chi connectivity index (χ3v) is 3.92. The highest BCUT2D eigenvalue weighted by atomic mass is 16.4. The monoisotopic (exact) mass is 341 g/mol. The first-order valence-electron chi connectivity index (χ1n) is 7.97. The van der Waals surface area contributed by atoms with Gasteiger partial charge in [0.15, 0.2) is 5.58 Å². The summed E-state index contributed by atoms with van der Waals surface area (Å²) in [5.74, 6) is -0.444. The Labute approximate surface area is 143 Å². The summed E-state index contributed by atoms with van der Waals surface area (Å²) < 4.78 is 6.63. The van der Waals surface area contributed by atoms with E-state index in [1.807, 2.05) is 30.3 Å². The van der Waals surface area contributed by atoms with Crippen LogP contribution in [0.4, 0.5) is 4.79 Å². The van der Waals surface area contributed by atoms with Gasteiger partial charge < -0.3 is 20.2 Å². The van der Waals surface area contributed by atoms with Crippen LogP contribution in [0, 0.1) is 0 Å². The predicted molar refractivity (Wildman–Crippen MR) is 93.1 cm³/mol. The number of carbonyl (C=O) groups excluding carboxylic acids is 1. The highest BCUT2D eigenvalue weighted by Crippen LogP contribution is 2.11. The van der Waals surface area contributed by atoms with E-state index in [-0.39, 0.29) is 19.2 Å². The van der Waals surface area contributed by atoms with Crippen LogP contribution in [0.5, 0.6) is 0 Å². The first-order chi connectivity index (χ1) is 12.2. The number of aliphatic hydroxyl groups excluding tert-OH is 1. The van der Waals surface area contributed by atoms with Gasteiger partial charge in [0.2, 0.25) is 0 Å². The van der Waals surface area contributed by atoms with Crippen LogP contribution in [0.25, 0.3) is 11.1 Å². The third-order valence-electron chi connectivity index (χ3n) is 3.92. The van der Waals surface area contributed by atoms with Crippen LogP contribution in [-0.4, -0.2) is 22.2 Å². The standard InChI is InChI=1S/C18H19N3O4/c22-12-14-6-2-1-5-13(14)11-20-17(23)19-9-10-21-15-7-3-4-8-16(15)25-18(21)24/h1-8,22H,9-12H2,(H2,19,20,23). The predicted octanol–water partition coefficient (Wildman–Crippen LogP) is 1.59. The molecule has 3 N–H and O–H groups in total. The zero-order valence-electron chi connectivity index (χ0n) is 13.6. The molecular weight excluding hydrogens is 322 g/mol. The lowest BCUT2D eigenvalue weighted by molar-refractivity contribution is 0.239. The Hall–Kier alpha value is -3.06. The van der Waals surface area contributed by atoms with E-state index in [4.69, 9.17) is 4.42 Å². The van der Waals surface area contributed by atoms with Gasteiger partial charge in [-0.05, 0) is 23.3 Å². The van der Waals surface area contributed by atoms with Crippen molar-refractivity contribution in [2.75, 3.05) is 6.54 Å². The Morgan fingerprint density at radius 3 is 2.56 bits per heavy atom. The van der Waals surface area contributed by atoms with Crippen LogP contribution in [-0.2, 0) is 19.7 Å². The van der Waals surface area contributed by atoms with Gasteiger partial charge in [-0.25, -0.2) is 9.59 Å². The van der Waals surface area contributed by atoms with Crippen molar-refractivity contribution in [3.05, 3.63) is 70.2 Å². The van der Waals surface area contributed by atoms with E-state index in [0.717, 1.165) is 11.1 Å². The number of nitrogens with one attached hydrogen (secondary N) is 2. The molecule has 130 valence electrons. The average Bonchev–Trinajstić information content (AvgIpc) is 2.96. The minimum absolute atomic E-state index is 0.0735. The molecule has 1 heterocycles. The summed E-state index contributed by atoms with van der Waals surface area (Å²) in [4.78, 5) is 23.7. The summed E-state index contributed by atoms with van der Waals surface area (Å²) in [5, 5.41) is 14.7. The quantitative estimate of drug-likeness (QED) is 0.634. The highest BCUT2D eigenvalue weighted by molar-refractivity contribution is 5.74. The van der Waals surface area contributed by atoms with Crippen molar-refractivity contribution in [1.82, 2.24) is 15.2 Å². The number of amides is 2. The Morgan fingerprint density at radius 1 is 1.04 bits per heavy atom. The molecule has 7 nitrogen and oxygen atoms in total. The highest BCUT2D eigenvalue weighted by Gasteiger charge is 2.09. The lowest BCUT2D eigenvalue weighted by Gasteiger charge is -2.10. The minimum atomic E-state index is -0.444. The van der Waals surface area contributed by atoms with Gasteiger partial charge in [0, 0.05) is 19.6 Å². The Morgan fingerprint density at radius 2 is 1.76 bits per heavy atom. The Balaban J connectivity index is 1.52. The molecule has 0 bridgehead atoms. The van der Waals surface area contributed by atoms with Gasteiger partial charge >= 0.3 is 11.8 Å². The fraction of sp³-hybridized carbons (Fsp3) is 0.222. The summed E-state index contributed by atoms with van der Waals surface area (Å²) in [5.41, 5.74) is 2.86. The first kappa shape index (κ1) is 16.8. The minimum Gasteiger partial charge on any atom is -0.408 e. The van der Waals surface area contributed by atoms with Gasteiger partial charge in [-0.1, -0.05) is 36.4 Å². The van der Waals surface area contributed by atoms with E-state index < -0.39 is 5.76 Å². The number of fused-ring (bicyclic) bond motifs is 1. The number of benzene rings is 2. The van der Waals surface area contributed by atoms with Gasteiger partial charge in [0.1, 0.15) is 0 Å². The van der Waals surface area contributed by atoms with Crippen LogP contribution >= 0.6 is 0 Å². The van der Waals surface area contributed by atoms with Crippen molar-refractivity contribution in [3.63, 3.8) is 0 Å². The zero-order chi connectivity index (χ0) is 17.6. The molecule has 0 fully saturated rings. The first-order valence-corrected chi connectivity index (χ1v) is 7.97. The van der Waals surface area contributed by atoms with Crippen molar-refractivity contribution in [2.45, 2.75) is 19.7 Å². The molecule has 0 unspecified atom stereocenters. The molecule has 0 saturated heterocycles. The molecule has 0 radical (unpaired) electrons. The van der Waals surface area contributed by atoms with Crippen molar-refractivity contribution >= 4 is 17.1 Å². The number of hydrogen-bond acceptors (Lipinski definition) is 4. The number of carbonyl (C=O) groups is 1. The molecule has 2 amide bonds. The maximum atomic E-state index is 11.9. The van der Waals surface area contributed by atoms with Crippen LogP contribution in [0.3, 0.4) is 0 Å². The summed E-state index contributed by atoms with van der Waals surface area (Å²) in [6.07, 6.45) is 0. The molecule has 0 saturated carbocycles. The molecule has 0 atom stereocenters. The van der Waals surface area contributed by atoms with Crippen molar-refractivity contribution in [2.24, 2.45) is 0 Å². The molecule has 0 spiro atoms. The van der Waals surface area contributed by atoms with Gasteiger partial charge in [0.05, 0.1) is 12.1 Å². The van der Waals surface area contributed by atoms with Crippen LogP contribution in [0.1, 0.15) is 11.1 Å². The lowest BCUT2D eigenvalue weighted by atomic mass is 10.1. The van der Waals surface area contributed by atoms with E-state index in [0.29, 0.717) is 24.2 Å². The largest absolute Gasteiger partial charge is 0.420 e.